The van der Waals surface area contributed by atoms with E-state index in [2.05, 4.69) is 25.4 Å². The number of methoxy groups -OCH3 is 2. The Balaban J connectivity index is 0.000000204. The number of hydrogen-bond donors (Lipinski definition) is 2. The lowest BCUT2D eigenvalue weighted by Gasteiger charge is -2.09. The predicted molar refractivity (Wildman–Crippen MR) is 204 cm³/mol. The van der Waals surface area contributed by atoms with Gasteiger partial charge in [-0.2, -0.15) is 0 Å². The largest absolute Gasteiger partial charge is 0.496 e. The third-order valence-electron chi connectivity index (χ3n) is 7.92. The highest BCUT2D eigenvalue weighted by Crippen LogP contribution is 2.30. The number of nitrogens with zero attached hydrogens (tertiary/aromatic N) is 4. The summed E-state index contributed by atoms with van der Waals surface area (Å²) in [5, 5.41) is 0.712. The molecule has 0 aliphatic heterocycles. The Morgan fingerprint density at radius 3 is 1.60 bits per heavy atom. The van der Waals surface area contributed by atoms with Gasteiger partial charge >= 0.3 is 5.97 Å². The number of esters is 1. The number of para-hydroxylation sites is 2. The van der Waals surface area contributed by atoms with Crippen LogP contribution in [0.15, 0.2) is 110 Å². The van der Waals surface area contributed by atoms with E-state index in [1.165, 1.54) is 12.7 Å². The zero-order valence-corrected chi connectivity index (χ0v) is 30.7. The van der Waals surface area contributed by atoms with Gasteiger partial charge in [-0.15, -0.1) is 0 Å². The van der Waals surface area contributed by atoms with Gasteiger partial charge in [0.25, 0.3) is 5.91 Å². The molecule has 0 aliphatic rings. The van der Waals surface area contributed by atoms with Crippen molar-refractivity contribution in [1.82, 2.24) is 25.4 Å². The molecule has 6 rings (SSSR count). The van der Waals surface area contributed by atoms with Crippen LogP contribution in [0.3, 0.4) is 0 Å². The second-order valence-electron chi connectivity index (χ2n) is 11.4. The number of hydrogen-bond acceptors (Lipinski definition) is 10. The molecule has 0 saturated carbocycles. The number of rotatable bonds is 11. The summed E-state index contributed by atoms with van der Waals surface area (Å²) < 4.78 is 15.9. The van der Waals surface area contributed by atoms with Gasteiger partial charge in [-0.1, -0.05) is 59.6 Å². The van der Waals surface area contributed by atoms with Crippen LogP contribution >= 0.6 is 23.2 Å². The van der Waals surface area contributed by atoms with Gasteiger partial charge in [0.15, 0.2) is 0 Å². The average Bonchev–Trinajstić information content (AvgIpc) is 3.19. The number of hydrazine groups is 1. The lowest BCUT2D eigenvalue weighted by atomic mass is 10.0. The molecule has 11 nitrogen and oxygen atoms in total. The molecule has 2 heterocycles. The summed E-state index contributed by atoms with van der Waals surface area (Å²) in [6.45, 7) is 2.06. The monoisotopic (exact) mass is 750 g/mol. The zero-order chi connectivity index (χ0) is 37.7. The number of nitrogens with two attached hydrogens (primary N) is 1. The average molecular weight is 752 g/mol. The molecule has 0 radical (unpaired) electrons. The van der Waals surface area contributed by atoms with E-state index in [-0.39, 0.29) is 0 Å². The minimum atomic E-state index is -0.436. The third-order valence-corrected chi connectivity index (χ3v) is 8.58. The smallest absolute Gasteiger partial charge is 0.339 e. The normalized spacial score (nSPS) is 10.5. The molecule has 2 aromatic heterocycles. The maximum absolute atomic E-state index is 12.0. The Bertz CT molecular complexity index is 2220. The molecule has 0 aliphatic carbocycles. The summed E-state index contributed by atoms with van der Waals surface area (Å²) in [5.74, 6) is 5.82. The van der Waals surface area contributed by atoms with Crippen LogP contribution in [0.2, 0.25) is 10.0 Å². The van der Waals surface area contributed by atoms with Crippen LogP contribution in [-0.2, 0) is 17.6 Å². The molecule has 0 atom stereocenters. The lowest BCUT2D eigenvalue weighted by Crippen LogP contribution is -2.30. The van der Waals surface area contributed by atoms with E-state index in [1.54, 1.807) is 45.4 Å². The van der Waals surface area contributed by atoms with Crippen molar-refractivity contribution in [2.24, 2.45) is 5.84 Å². The van der Waals surface area contributed by atoms with Gasteiger partial charge in [0, 0.05) is 35.4 Å². The molecule has 270 valence electrons. The number of aromatic nitrogens is 4. The summed E-state index contributed by atoms with van der Waals surface area (Å²) in [6, 6.07) is 29.7. The van der Waals surface area contributed by atoms with E-state index in [0.717, 1.165) is 56.5 Å². The van der Waals surface area contributed by atoms with Crippen molar-refractivity contribution in [3.05, 3.63) is 153 Å². The maximum atomic E-state index is 12.0. The molecule has 0 saturated heterocycles. The van der Waals surface area contributed by atoms with Gasteiger partial charge in [-0.05, 0) is 78.7 Å². The van der Waals surface area contributed by atoms with Crippen molar-refractivity contribution in [2.45, 2.75) is 19.8 Å². The van der Waals surface area contributed by atoms with Gasteiger partial charge in [0.05, 0.1) is 53.4 Å². The molecule has 3 N–H and O–H groups in total. The highest BCUT2D eigenvalue weighted by molar-refractivity contribution is 6.34. The maximum Gasteiger partial charge on any atom is 0.339 e. The summed E-state index contributed by atoms with van der Waals surface area (Å²) in [6.07, 6.45) is 4.10. The number of carbonyl (C=O) groups is 2. The van der Waals surface area contributed by atoms with Crippen LogP contribution in [0.5, 0.6) is 11.5 Å². The fourth-order valence-electron chi connectivity index (χ4n) is 5.40. The molecule has 4 aromatic carbocycles. The molecule has 1 amide bonds. The van der Waals surface area contributed by atoms with Crippen molar-refractivity contribution < 1.29 is 23.8 Å². The second kappa shape index (κ2) is 18.6. The van der Waals surface area contributed by atoms with Gasteiger partial charge in [0.1, 0.15) is 24.2 Å². The van der Waals surface area contributed by atoms with Crippen LogP contribution in [-0.4, -0.2) is 52.6 Å². The molecule has 53 heavy (non-hydrogen) atoms. The molecule has 6 aromatic rings. The van der Waals surface area contributed by atoms with Crippen molar-refractivity contribution in [3.8, 4) is 34.0 Å². The van der Waals surface area contributed by atoms with E-state index in [4.69, 9.17) is 43.3 Å². The van der Waals surface area contributed by atoms with Crippen LogP contribution in [0.4, 0.5) is 0 Å². The summed E-state index contributed by atoms with van der Waals surface area (Å²) in [7, 11) is 3.25. The van der Waals surface area contributed by atoms with Crippen molar-refractivity contribution in [2.75, 3.05) is 20.8 Å². The highest BCUT2D eigenvalue weighted by Gasteiger charge is 2.15. The number of nitrogens with one attached hydrogen (secondary N) is 1. The summed E-state index contributed by atoms with van der Waals surface area (Å²) in [4.78, 5) is 41.2. The topological polar surface area (TPSA) is 151 Å². The molecule has 0 spiro atoms. The van der Waals surface area contributed by atoms with Gasteiger partial charge in [-0.25, -0.2) is 30.6 Å². The van der Waals surface area contributed by atoms with Crippen LogP contribution < -0.4 is 20.7 Å². The minimum Gasteiger partial charge on any atom is -0.496 e. The van der Waals surface area contributed by atoms with Crippen molar-refractivity contribution in [1.29, 1.82) is 0 Å². The van der Waals surface area contributed by atoms with Crippen LogP contribution in [0.25, 0.3) is 22.5 Å². The standard InChI is InChI=1S/C21H19ClN2O3.C19H17ClN4O2/c1-3-27-21(25)17-11-14(8-9-18(17)22)10-15-12-19(24-13-23-15)16-6-4-5-7-20(16)26-2;1-26-18-5-3-2-4-14(18)17-10-13(22-11-23-17)8-12-6-7-16(20)15(9-12)19(25)24-21/h4-9,11-13H,3,10H2,1-2H3;2-7,9-11H,8,21H2,1H3,(H,24,25). The van der Waals surface area contributed by atoms with Gasteiger partial charge in [0.2, 0.25) is 0 Å². The number of amides is 1. The number of benzene rings is 4. The van der Waals surface area contributed by atoms with Crippen molar-refractivity contribution in [3.63, 3.8) is 0 Å². The van der Waals surface area contributed by atoms with Crippen LogP contribution in [0.1, 0.15) is 50.2 Å². The van der Waals surface area contributed by atoms with Crippen LogP contribution in [0, 0.1) is 0 Å². The number of carbonyl (C=O) groups excluding carboxylic acids is 2. The lowest BCUT2D eigenvalue weighted by molar-refractivity contribution is 0.0526. The van der Waals surface area contributed by atoms with E-state index in [1.807, 2.05) is 72.8 Å². The summed E-state index contributed by atoms with van der Waals surface area (Å²) >= 11 is 12.2. The number of halogens is 2. The Morgan fingerprint density at radius 2 is 1.13 bits per heavy atom. The van der Waals surface area contributed by atoms with Gasteiger partial charge < -0.3 is 14.2 Å². The van der Waals surface area contributed by atoms with Crippen molar-refractivity contribution >= 4 is 35.1 Å². The Labute approximate surface area is 317 Å². The molecule has 0 bridgehead atoms. The first-order valence-electron chi connectivity index (χ1n) is 16.4. The SMILES string of the molecule is CCOC(=O)c1cc(Cc2cc(-c3ccccc3OC)ncn2)ccc1Cl.COc1ccccc1-c1cc(Cc2ccc(Cl)c(C(=O)NN)c2)ncn1. The molecule has 0 unspecified atom stereocenters. The minimum absolute atomic E-state index is 0.299. The fourth-order valence-corrected chi connectivity index (χ4v) is 5.79. The molecular formula is C40H36Cl2N6O5. The Kier molecular flexibility index (Phi) is 13.4. The fraction of sp³-hybridized carbons (Fsp3) is 0.150. The summed E-state index contributed by atoms with van der Waals surface area (Å²) in [5.41, 5.74) is 9.52. The zero-order valence-electron chi connectivity index (χ0n) is 29.2. The Morgan fingerprint density at radius 1 is 0.660 bits per heavy atom. The van der Waals surface area contributed by atoms with E-state index >= 15 is 0 Å². The second-order valence-corrected chi connectivity index (χ2v) is 12.2. The van der Waals surface area contributed by atoms with E-state index in [0.29, 0.717) is 40.6 Å². The quantitative estimate of drug-likeness (QED) is 0.0587. The third kappa shape index (κ3) is 9.92. The Hall–Kier alpha value is -5.88. The molecular weight excluding hydrogens is 715 g/mol. The molecule has 0 fully saturated rings. The first-order valence-corrected chi connectivity index (χ1v) is 17.1. The number of ether oxygens (including phenoxy) is 3. The van der Waals surface area contributed by atoms with Gasteiger partial charge in [-0.3, -0.25) is 10.2 Å². The number of nitrogen functional groups attached to an aromatic ring is 1. The first kappa shape index (κ1) is 38.4. The molecule has 13 heteroatoms. The first-order chi connectivity index (χ1) is 25.7. The predicted octanol–water partition coefficient (Wildman–Crippen LogP) is 7.57. The van der Waals surface area contributed by atoms with E-state index < -0.39 is 11.9 Å². The highest BCUT2D eigenvalue weighted by atomic mass is 35.5. The van der Waals surface area contributed by atoms with E-state index in [9.17, 15) is 9.59 Å².